The first-order valence-corrected chi connectivity index (χ1v) is 13.5. The summed E-state index contributed by atoms with van der Waals surface area (Å²) >= 11 is 0. The van der Waals surface area contributed by atoms with Gasteiger partial charge in [-0.05, 0) is 58.8 Å². The Labute approximate surface area is 227 Å². The standard InChI is InChI=1S/C37H27NO/c1-37(2)30-17-9-11-19-33(30)39-34-21-20-25(23-31(34)37)29-22-24-12-6-7-15-27(24)35-28-16-8-10-18-32(28)38(36(29)35)26-13-4-3-5-14-26/h3-23H,1-2H3. The van der Waals surface area contributed by atoms with Gasteiger partial charge in [0.05, 0.1) is 11.0 Å². The summed E-state index contributed by atoms with van der Waals surface area (Å²) in [5, 5.41) is 5.08. The largest absolute Gasteiger partial charge is 0.457 e. The zero-order valence-electron chi connectivity index (χ0n) is 22.0. The van der Waals surface area contributed by atoms with E-state index in [2.05, 4.69) is 140 Å². The van der Waals surface area contributed by atoms with E-state index in [-0.39, 0.29) is 5.41 Å². The second-order valence-electron chi connectivity index (χ2n) is 11.0. The van der Waals surface area contributed by atoms with Crippen molar-refractivity contribution < 1.29 is 4.74 Å². The van der Waals surface area contributed by atoms with Crippen molar-refractivity contribution in [3.63, 3.8) is 0 Å². The summed E-state index contributed by atoms with van der Waals surface area (Å²) in [5.41, 5.74) is 8.28. The number of para-hydroxylation sites is 3. The van der Waals surface area contributed by atoms with Gasteiger partial charge >= 0.3 is 0 Å². The van der Waals surface area contributed by atoms with E-state index in [4.69, 9.17) is 4.74 Å². The average molecular weight is 502 g/mol. The van der Waals surface area contributed by atoms with Gasteiger partial charge in [0.2, 0.25) is 0 Å². The second-order valence-corrected chi connectivity index (χ2v) is 11.0. The molecule has 8 rings (SSSR count). The molecule has 0 unspecified atom stereocenters. The number of aromatic nitrogens is 1. The summed E-state index contributed by atoms with van der Waals surface area (Å²) in [6.45, 7) is 4.60. The molecule has 0 fully saturated rings. The first-order valence-electron chi connectivity index (χ1n) is 13.5. The Morgan fingerprint density at radius 1 is 0.590 bits per heavy atom. The fourth-order valence-electron chi connectivity index (χ4n) is 6.52. The number of rotatable bonds is 2. The monoisotopic (exact) mass is 501 g/mol. The van der Waals surface area contributed by atoms with Crippen LogP contribution in [0.4, 0.5) is 0 Å². The highest BCUT2D eigenvalue weighted by atomic mass is 16.5. The van der Waals surface area contributed by atoms with E-state index in [1.54, 1.807) is 0 Å². The lowest BCUT2D eigenvalue weighted by Gasteiger charge is -2.34. The molecule has 1 aliphatic rings. The van der Waals surface area contributed by atoms with Crippen molar-refractivity contribution in [2.45, 2.75) is 19.3 Å². The Balaban J connectivity index is 1.50. The topological polar surface area (TPSA) is 14.2 Å². The predicted molar refractivity (Wildman–Crippen MR) is 162 cm³/mol. The fraction of sp³-hybridized carbons (Fsp3) is 0.0811. The van der Waals surface area contributed by atoms with Gasteiger partial charge in [0, 0.05) is 38.6 Å². The van der Waals surface area contributed by atoms with Gasteiger partial charge in [-0.1, -0.05) is 98.8 Å². The third-order valence-corrected chi connectivity index (χ3v) is 8.42. The van der Waals surface area contributed by atoms with Crippen molar-refractivity contribution in [3.05, 3.63) is 139 Å². The van der Waals surface area contributed by atoms with Crippen molar-refractivity contribution in [2.24, 2.45) is 0 Å². The van der Waals surface area contributed by atoms with Crippen molar-refractivity contribution in [2.75, 3.05) is 0 Å². The molecule has 0 bridgehead atoms. The molecule has 0 radical (unpaired) electrons. The number of hydrogen-bond acceptors (Lipinski definition) is 1. The smallest absolute Gasteiger partial charge is 0.131 e. The first kappa shape index (κ1) is 22.2. The SMILES string of the molecule is CC1(C)c2ccccc2Oc2ccc(-c3cc4ccccc4c4c5ccccc5n(-c5ccccc5)c34)cc21. The quantitative estimate of drug-likeness (QED) is 0.230. The van der Waals surface area contributed by atoms with Crippen LogP contribution in [-0.2, 0) is 5.41 Å². The van der Waals surface area contributed by atoms with Gasteiger partial charge in [-0.15, -0.1) is 0 Å². The second kappa shape index (κ2) is 8.09. The lowest BCUT2D eigenvalue weighted by molar-refractivity contribution is 0.418. The summed E-state index contributed by atoms with van der Waals surface area (Å²) < 4.78 is 8.83. The molecule has 2 heteroatoms. The van der Waals surface area contributed by atoms with Gasteiger partial charge in [0.15, 0.2) is 0 Å². The predicted octanol–water partition coefficient (Wildman–Crippen LogP) is 10.0. The Kier molecular flexibility index (Phi) is 4.60. The van der Waals surface area contributed by atoms with Crippen molar-refractivity contribution in [3.8, 4) is 28.3 Å². The summed E-state index contributed by atoms with van der Waals surface area (Å²) in [5.74, 6) is 1.88. The van der Waals surface area contributed by atoms with Crippen LogP contribution < -0.4 is 4.74 Å². The Morgan fingerprint density at radius 3 is 2.15 bits per heavy atom. The van der Waals surface area contributed by atoms with Crippen LogP contribution in [0.3, 0.4) is 0 Å². The molecule has 0 aliphatic carbocycles. The van der Waals surface area contributed by atoms with Crippen LogP contribution in [-0.4, -0.2) is 4.57 Å². The first-order chi connectivity index (χ1) is 19.1. The highest BCUT2D eigenvalue weighted by Crippen LogP contribution is 2.50. The van der Waals surface area contributed by atoms with E-state index in [1.165, 1.54) is 54.8 Å². The number of fused-ring (bicyclic) bond motifs is 7. The minimum atomic E-state index is -0.178. The number of ether oxygens (including phenoxy) is 1. The van der Waals surface area contributed by atoms with E-state index in [9.17, 15) is 0 Å². The molecule has 39 heavy (non-hydrogen) atoms. The van der Waals surface area contributed by atoms with Gasteiger partial charge in [0.1, 0.15) is 11.5 Å². The fourth-order valence-corrected chi connectivity index (χ4v) is 6.52. The minimum absolute atomic E-state index is 0.178. The van der Waals surface area contributed by atoms with Crippen LogP contribution >= 0.6 is 0 Å². The molecular formula is C37H27NO. The van der Waals surface area contributed by atoms with Gasteiger partial charge < -0.3 is 9.30 Å². The van der Waals surface area contributed by atoms with Crippen LogP contribution in [0.2, 0.25) is 0 Å². The molecule has 1 aliphatic heterocycles. The van der Waals surface area contributed by atoms with E-state index in [0.717, 1.165) is 17.2 Å². The Morgan fingerprint density at radius 2 is 1.28 bits per heavy atom. The number of hydrogen-bond donors (Lipinski definition) is 0. The van der Waals surface area contributed by atoms with Crippen LogP contribution in [0.5, 0.6) is 11.5 Å². The van der Waals surface area contributed by atoms with E-state index >= 15 is 0 Å². The maximum absolute atomic E-state index is 6.40. The molecule has 2 heterocycles. The van der Waals surface area contributed by atoms with E-state index in [0.29, 0.717) is 0 Å². The average Bonchev–Trinajstić information content (AvgIpc) is 3.33. The molecule has 0 saturated carbocycles. The highest BCUT2D eigenvalue weighted by molar-refractivity contribution is 6.25. The zero-order chi connectivity index (χ0) is 26.1. The molecule has 0 amide bonds. The van der Waals surface area contributed by atoms with Crippen molar-refractivity contribution in [1.29, 1.82) is 0 Å². The Bertz CT molecular complexity index is 2060. The molecular weight excluding hydrogens is 474 g/mol. The van der Waals surface area contributed by atoms with Gasteiger partial charge in [0.25, 0.3) is 0 Å². The maximum Gasteiger partial charge on any atom is 0.131 e. The molecule has 7 aromatic rings. The van der Waals surface area contributed by atoms with Crippen LogP contribution in [0.25, 0.3) is 49.4 Å². The lowest BCUT2D eigenvalue weighted by Crippen LogP contribution is -2.24. The molecule has 0 N–H and O–H groups in total. The minimum Gasteiger partial charge on any atom is -0.457 e. The molecule has 186 valence electrons. The van der Waals surface area contributed by atoms with Gasteiger partial charge in [-0.3, -0.25) is 0 Å². The van der Waals surface area contributed by atoms with Crippen LogP contribution in [0.15, 0.2) is 127 Å². The van der Waals surface area contributed by atoms with Gasteiger partial charge in [-0.2, -0.15) is 0 Å². The normalized spacial score (nSPS) is 13.8. The van der Waals surface area contributed by atoms with E-state index in [1.807, 2.05) is 6.07 Å². The molecule has 0 atom stereocenters. The van der Waals surface area contributed by atoms with Crippen molar-refractivity contribution >= 4 is 32.6 Å². The highest BCUT2D eigenvalue weighted by Gasteiger charge is 2.34. The number of nitrogens with zero attached hydrogens (tertiary/aromatic N) is 1. The molecule has 2 nitrogen and oxygen atoms in total. The molecule has 0 spiro atoms. The third-order valence-electron chi connectivity index (χ3n) is 8.42. The summed E-state index contributed by atoms with van der Waals surface area (Å²) in [6.07, 6.45) is 0. The molecule has 6 aromatic carbocycles. The van der Waals surface area contributed by atoms with Crippen molar-refractivity contribution in [1.82, 2.24) is 4.57 Å². The van der Waals surface area contributed by atoms with E-state index < -0.39 is 0 Å². The third kappa shape index (κ3) is 3.15. The zero-order valence-corrected chi connectivity index (χ0v) is 22.0. The summed E-state index contributed by atoms with van der Waals surface area (Å²) in [4.78, 5) is 0. The van der Waals surface area contributed by atoms with Gasteiger partial charge in [-0.25, -0.2) is 0 Å². The summed E-state index contributed by atoms with van der Waals surface area (Å²) in [7, 11) is 0. The molecule has 1 aromatic heterocycles. The Hall–Kier alpha value is -4.82. The van der Waals surface area contributed by atoms with Crippen LogP contribution in [0.1, 0.15) is 25.0 Å². The van der Waals surface area contributed by atoms with Crippen LogP contribution in [0, 0.1) is 0 Å². The summed E-state index contributed by atoms with van der Waals surface area (Å²) in [6, 6.07) is 45.7. The molecule has 0 saturated heterocycles. The lowest BCUT2D eigenvalue weighted by atomic mass is 9.75. The number of benzene rings is 6. The maximum atomic E-state index is 6.40.